The minimum atomic E-state index is -0.770. The van der Waals surface area contributed by atoms with E-state index in [1.807, 2.05) is 35.7 Å². The molecular weight excluding hydrogens is 368 g/mol. The summed E-state index contributed by atoms with van der Waals surface area (Å²) in [5.41, 5.74) is 1.87. The van der Waals surface area contributed by atoms with Crippen LogP contribution in [0.2, 0.25) is 0 Å². The first kappa shape index (κ1) is 17.1. The van der Waals surface area contributed by atoms with Gasteiger partial charge in [-0.05, 0) is 18.2 Å². The van der Waals surface area contributed by atoms with Gasteiger partial charge in [-0.15, -0.1) is 11.3 Å². The third-order valence-electron chi connectivity index (χ3n) is 3.68. The van der Waals surface area contributed by atoms with Crippen molar-refractivity contribution in [3.8, 4) is 22.8 Å². The third kappa shape index (κ3) is 3.93. The highest BCUT2D eigenvalue weighted by molar-refractivity contribution is 7.14. The van der Waals surface area contributed by atoms with Crippen molar-refractivity contribution < 1.29 is 13.5 Å². The first-order valence-corrected chi connectivity index (χ1v) is 8.93. The summed E-state index contributed by atoms with van der Waals surface area (Å²) in [7, 11) is 0. The summed E-state index contributed by atoms with van der Waals surface area (Å²) < 4.78 is 32.8. The molecule has 0 aliphatic rings. The molecule has 0 saturated carbocycles. The van der Waals surface area contributed by atoms with Gasteiger partial charge in [-0.2, -0.15) is 0 Å². The monoisotopic (exact) mass is 381 g/mol. The average molecular weight is 381 g/mol. The van der Waals surface area contributed by atoms with E-state index in [9.17, 15) is 8.78 Å². The van der Waals surface area contributed by atoms with Gasteiger partial charge in [0, 0.05) is 23.2 Å². The van der Waals surface area contributed by atoms with Gasteiger partial charge >= 0.3 is 0 Å². The average Bonchev–Trinajstić information content (AvgIpc) is 3.14. The van der Waals surface area contributed by atoms with Gasteiger partial charge in [-0.1, -0.05) is 36.4 Å². The van der Waals surface area contributed by atoms with E-state index in [1.54, 1.807) is 6.07 Å². The van der Waals surface area contributed by atoms with Gasteiger partial charge in [-0.3, -0.25) is 0 Å². The number of hydrogen-bond donors (Lipinski definition) is 1. The fourth-order valence-corrected chi connectivity index (χ4v) is 3.15. The van der Waals surface area contributed by atoms with Crippen LogP contribution in [0.3, 0.4) is 0 Å². The number of benzene rings is 2. The van der Waals surface area contributed by atoms with Crippen LogP contribution in [0.1, 0.15) is 0 Å². The maximum Gasteiger partial charge on any atom is 0.198 e. The van der Waals surface area contributed by atoms with E-state index < -0.39 is 17.4 Å². The van der Waals surface area contributed by atoms with E-state index in [-0.39, 0.29) is 5.75 Å². The Labute approximate surface area is 158 Å². The lowest BCUT2D eigenvalue weighted by Crippen LogP contribution is -1.96. The van der Waals surface area contributed by atoms with E-state index in [2.05, 4.69) is 15.3 Å². The second-order valence-electron chi connectivity index (χ2n) is 5.56. The predicted octanol–water partition coefficient (Wildman–Crippen LogP) is 6.02. The number of para-hydroxylation sites is 1. The normalized spacial score (nSPS) is 10.6. The second kappa shape index (κ2) is 7.51. The Balaban J connectivity index is 1.53. The zero-order chi connectivity index (χ0) is 18.6. The van der Waals surface area contributed by atoms with Gasteiger partial charge in [0.2, 0.25) is 0 Å². The van der Waals surface area contributed by atoms with E-state index in [4.69, 9.17) is 4.74 Å². The van der Waals surface area contributed by atoms with Crippen molar-refractivity contribution in [2.45, 2.75) is 0 Å². The smallest absolute Gasteiger partial charge is 0.198 e. The fraction of sp³-hybridized carbons (Fsp3) is 0. The van der Waals surface area contributed by atoms with Crippen molar-refractivity contribution in [2.24, 2.45) is 0 Å². The Bertz CT molecular complexity index is 1050. The third-order valence-corrected chi connectivity index (χ3v) is 4.44. The number of thiazole rings is 1. The van der Waals surface area contributed by atoms with Crippen LogP contribution < -0.4 is 10.1 Å². The highest BCUT2D eigenvalue weighted by Crippen LogP contribution is 2.30. The number of aromatic nitrogens is 2. The molecule has 0 saturated heterocycles. The summed E-state index contributed by atoms with van der Waals surface area (Å²) in [5, 5.41) is 5.66. The van der Waals surface area contributed by atoms with Crippen molar-refractivity contribution in [3.05, 3.63) is 83.9 Å². The zero-order valence-corrected chi connectivity index (χ0v) is 14.7. The Kier molecular flexibility index (Phi) is 4.76. The summed E-state index contributed by atoms with van der Waals surface area (Å²) in [4.78, 5) is 8.72. The number of anilines is 2. The molecule has 0 unspecified atom stereocenters. The first-order chi connectivity index (χ1) is 13.2. The number of pyridine rings is 1. The van der Waals surface area contributed by atoms with Crippen LogP contribution in [0.15, 0.2) is 72.2 Å². The summed E-state index contributed by atoms with van der Waals surface area (Å²) in [6.45, 7) is 0. The number of rotatable bonds is 5. The molecule has 7 heteroatoms. The minimum Gasteiger partial charge on any atom is -0.451 e. The van der Waals surface area contributed by atoms with E-state index in [0.29, 0.717) is 10.9 Å². The van der Waals surface area contributed by atoms with Crippen LogP contribution in [0.25, 0.3) is 11.3 Å². The van der Waals surface area contributed by atoms with Crippen molar-refractivity contribution in [2.75, 3.05) is 5.32 Å². The maximum absolute atomic E-state index is 13.7. The van der Waals surface area contributed by atoms with Gasteiger partial charge in [0.1, 0.15) is 11.6 Å². The van der Waals surface area contributed by atoms with Crippen molar-refractivity contribution in [3.63, 3.8) is 0 Å². The fourth-order valence-electron chi connectivity index (χ4n) is 2.42. The van der Waals surface area contributed by atoms with Gasteiger partial charge in [0.05, 0.1) is 5.69 Å². The lowest BCUT2D eigenvalue weighted by atomic mass is 10.2. The van der Waals surface area contributed by atoms with Gasteiger partial charge in [-0.25, -0.2) is 18.7 Å². The molecule has 0 atom stereocenters. The standard InChI is InChI=1S/C20H13F2N3OS/c21-15-7-4-8-16(22)19(15)26-14-9-10-23-18(11-14)25-20-24-17(12-27-20)13-5-2-1-3-6-13/h1-12H,(H,23,24,25). The highest BCUT2D eigenvalue weighted by Gasteiger charge is 2.12. The van der Waals surface area contributed by atoms with Gasteiger partial charge < -0.3 is 10.1 Å². The molecule has 0 aliphatic carbocycles. The molecule has 2 aromatic carbocycles. The Hall–Kier alpha value is -3.32. The van der Waals surface area contributed by atoms with E-state index >= 15 is 0 Å². The zero-order valence-electron chi connectivity index (χ0n) is 13.9. The predicted molar refractivity (Wildman–Crippen MR) is 102 cm³/mol. The number of nitrogens with zero attached hydrogens (tertiary/aromatic N) is 2. The molecule has 4 rings (SSSR count). The Morgan fingerprint density at radius 3 is 2.48 bits per heavy atom. The molecule has 0 aliphatic heterocycles. The summed E-state index contributed by atoms with van der Waals surface area (Å²) in [5.74, 6) is -1.27. The van der Waals surface area contributed by atoms with Crippen LogP contribution in [-0.2, 0) is 0 Å². The van der Waals surface area contributed by atoms with Gasteiger partial charge in [0.15, 0.2) is 22.5 Å². The van der Waals surface area contributed by atoms with Gasteiger partial charge in [0.25, 0.3) is 0 Å². The topological polar surface area (TPSA) is 47.0 Å². The van der Waals surface area contributed by atoms with E-state index in [0.717, 1.165) is 23.4 Å². The second-order valence-corrected chi connectivity index (χ2v) is 6.42. The summed E-state index contributed by atoms with van der Waals surface area (Å²) >= 11 is 1.43. The van der Waals surface area contributed by atoms with Crippen molar-refractivity contribution >= 4 is 22.3 Å². The van der Waals surface area contributed by atoms with Crippen LogP contribution in [0.4, 0.5) is 19.7 Å². The number of hydrogen-bond acceptors (Lipinski definition) is 5. The van der Waals surface area contributed by atoms with Crippen LogP contribution in [0.5, 0.6) is 11.5 Å². The quantitative estimate of drug-likeness (QED) is 0.459. The highest BCUT2D eigenvalue weighted by atomic mass is 32.1. The molecule has 0 fully saturated rings. The molecule has 134 valence electrons. The lowest BCUT2D eigenvalue weighted by Gasteiger charge is -2.09. The summed E-state index contributed by atoms with van der Waals surface area (Å²) in [6.07, 6.45) is 1.49. The maximum atomic E-state index is 13.7. The van der Waals surface area contributed by atoms with Crippen LogP contribution in [-0.4, -0.2) is 9.97 Å². The minimum absolute atomic E-state index is 0.260. The summed E-state index contributed by atoms with van der Waals surface area (Å²) in [6, 6.07) is 16.4. The first-order valence-electron chi connectivity index (χ1n) is 8.05. The molecule has 2 aromatic heterocycles. The molecule has 0 amide bonds. The Morgan fingerprint density at radius 1 is 0.926 bits per heavy atom. The lowest BCUT2D eigenvalue weighted by molar-refractivity contribution is 0.407. The Morgan fingerprint density at radius 2 is 1.70 bits per heavy atom. The molecular formula is C20H13F2N3OS. The van der Waals surface area contributed by atoms with Crippen LogP contribution >= 0.6 is 11.3 Å². The SMILES string of the molecule is Fc1cccc(F)c1Oc1ccnc(Nc2nc(-c3ccccc3)cs2)c1. The number of halogens is 2. The molecule has 2 heterocycles. The number of nitrogens with one attached hydrogen (secondary N) is 1. The molecule has 1 N–H and O–H groups in total. The van der Waals surface area contributed by atoms with E-state index in [1.165, 1.54) is 29.7 Å². The molecule has 0 bridgehead atoms. The van der Waals surface area contributed by atoms with Crippen LogP contribution in [0, 0.1) is 11.6 Å². The molecule has 0 spiro atoms. The van der Waals surface area contributed by atoms with Crippen molar-refractivity contribution in [1.82, 2.24) is 9.97 Å². The van der Waals surface area contributed by atoms with Crippen molar-refractivity contribution in [1.29, 1.82) is 0 Å². The largest absolute Gasteiger partial charge is 0.451 e. The number of ether oxygens (including phenoxy) is 1. The molecule has 4 aromatic rings. The molecule has 4 nitrogen and oxygen atoms in total. The molecule has 27 heavy (non-hydrogen) atoms. The molecule has 0 radical (unpaired) electrons.